The predicted octanol–water partition coefficient (Wildman–Crippen LogP) is 1.13. The fourth-order valence-electron chi connectivity index (χ4n) is 2.22. The highest BCUT2D eigenvalue weighted by Gasteiger charge is 2.28. The minimum absolute atomic E-state index is 0.0607. The summed E-state index contributed by atoms with van der Waals surface area (Å²) in [4.78, 5) is 24.6. The van der Waals surface area contributed by atoms with Crippen LogP contribution in [0, 0.1) is 24.2 Å². The molecular weight excluding hydrogens is 288 g/mol. The largest absolute Gasteiger partial charge is 0.481 e. The monoisotopic (exact) mass is 304 g/mol. The van der Waals surface area contributed by atoms with E-state index in [1.54, 1.807) is 13.0 Å². The number of nitrogens with one attached hydrogen (secondary N) is 1. The summed E-state index contributed by atoms with van der Waals surface area (Å²) in [5, 5.41) is 24.5. The van der Waals surface area contributed by atoms with Crippen molar-refractivity contribution >= 4 is 17.7 Å². The van der Waals surface area contributed by atoms with Crippen LogP contribution in [0.2, 0.25) is 0 Å². The van der Waals surface area contributed by atoms with Crippen LogP contribution in [0.1, 0.15) is 18.6 Å². The van der Waals surface area contributed by atoms with E-state index in [4.69, 9.17) is 14.9 Å². The summed E-state index contributed by atoms with van der Waals surface area (Å²) in [5.41, 5.74) is -0.0607. The van der Waals surface area contributed by atoms with Crippen molar-refractivity contribution in [1.82, 2.24) is 10.1 Å². The van der Waals surface area contributed by atoms with Crippen molar-refractivity contribution < 1.29 is 19.2 Å². The highest BCUT2D eigenvalue weighted by atomic mass is 16.5. The molecule has 0 aromatic carbocycles. The molecule has 8 nitrogen and oxygen atoms in total. The number of aliphatic carboxylic acids is 1. The molecule has 0 aliphatic carbocycles. The predicted molar refractivity (Wildman–Crippen MR) is 75.5 cm³/mol. The maximum Gasteiger partial charge on any atom is 0.306 e. The van der Waals surface area contributed by atoms with Gasteiger partial charge in [0.15, 0.2) is 5.82 Å². The number of hydrogen-bond acceptors (Lipinski definition) is 6. The maximum absolute atomic E-state index is 12.2. The van der Waals surface area contributed by atoms with Gasteiger partial charge in [0.05, 0.1) is 5.92 Å². The second-order valence-corrected chi connectivity index (χ2v) is 5.04. The Labute approximate surface area is 127 Å². The van der Waals surface area contributed by atoms with Gasteiger partial charge in [0.25, 0.3) is 5.91 Å². The first-order valence-electron chi connectivity index (χ1n) is 6.83. The Balaban J connectivity index is 1.97. The van der Waals surface area contributed by atoms with E-state index in [1.807, 2.05) is 6.07 Å². The molecule has 0 saturated carbocycles. The van der Waals surface area contributed by atoms with Crippen molar-refractivity contribution in [2.24, 2.45) is 5.92 Å². The lowest BCUT2D eigenvalue weighted by molar-refractivity contribution is -0.145. The van der Waals surface area contributed by atoms with Gasteiger partial charge >= 0.3 is 5.97 Å². The summed E-state index contributed by atoms with van der Waals surface area (Å²) in [6, 6.07) is 3.48. The normalized spacial score (nSPS) is 16.2. The standard InChI is InChI=1S/C14H16N4O4/c1-9-6-12(17-22-9)16-8-11(7-15)13(19)18-4-2-10(3-5-18)14(20)21/h6,8,10H,2-5H2,1H3,(H,16,17)(H,20,21)/b11-8-. The van der Waals surface area contributed by atoms with Crippen molar-refractivity contribution in [3.8, 4) is 6.07 Å². The highest BCUT2D eigenvalue weighted by molar-refractivity contribution is 5.97. The number of piperidine rings is 1. The first-order valence-corrected chi connectivity index (χ1v) is 6.83. The van der Waals surface area contributed by atoms with Crippen LogP contribution in [0.25, 0.3) is 0 Å². The zero-order valence-corrected chi connectivity index (χ0v) is 12.1. The summed E-state index contributed by atoms with van der Waals surface area (Å²) >= 11 is 0. The Morgan fingerprint density at radius 3 is 2.73 bits per heavy atom. The molecule has 1 aliphatic heterocycles. The Morgan fingerprint density at radius 2 is 2.23 bits per heavy atom. The minimum atomic E-state index is -0.841. The Bertz CT molecular complexity index is 636. The Kier molecular flexibility index (Phi) is 4.78. The average molecular weight is 304 g/mol. The molecule has 0 unspecified atom stereocenters. The van der Waals surface area contributed by atoms with Gasteiger partial charge in [0.2, 0.25) is 0 Å². The van der Waals surface area contributed by atoms with Gasteiger partial charge in [-0.05, 0) is 19.8 Å². The van der Waals surface area contributed by atoms with Crippen LogP contribution < -0.4 is 5.32 Å². The number of carboxylic acids is 1. The third-order valence-corrected chi connectivity index (χ3v) is 3.47. The number of rotatable bonds is 4. The van der Waals surface area contributed by atoms with Gasteiger partial charge < -0.3 is 19.8 Å². The topological polar surface area (TPSA) is 119 Å². The van der Waals surface area contributed by atoms with Gasteiger partial charge in [-0.15, -0.1) is 0 Å². The van der Waals surface area contributed by atoms with E-state index < -0.39 is 17.8 Å². The van der Waals surface area contributed by atoms with Crippen molar-refractivity contribution in [3.63, 3.8) is 0 Å². The lowest BCUT2D eigenvalue weighted by Gasteiger charge is -2.29. The average Bonchev–Trinajstić information content (AvgIpc) is 2.93. The smallest absolute Gasteiger partial charge is 0.306 e. The molecule has 116 valence electrons. The molecule has 0 spiro atoms. The summed E-state index contributed by atoms with van der Waals surface area (Å²) < 4.78 is 4.87. The van der Waals surface area contributed by atoms with E-state index in [9.17, 15) is 9.59 Å². The maximum atomic E-state index is 12.2. The number of hydrogen-bond donors (Lipinski definition) is 2. The van der Waals surface area contributed by atoms with Crippen molar-refractivity contribution in [3.05, 3.63) is 23.6 Å². The molecule has 2 heterocycles. The van der Waals surface area contributed by atoms with Crippen LogP contribution in [0.4, 0.5) is 5.82 Å². The minimum Gasteiger partial charge on any atom is -0.481 e. The van der Waals surface area contributed by atoms with Crippen LogP contribution in [-0.4, -0.2) is 40.1 Å². The molecule has 1 aromatic rings. The second-order valence-electron chi connectivity index (χ2n) is 5.04. The number of carboxylic acid groups (broad SMARTS) is 1. The number of nitriles is 1. The molecule has 0 atom stereocenters. The van der Waals surface area contributed by atoms with Gasteiger partial charge in [0.1, 0.15) is 17.4 Å². The molecule has 1 amide bonds. The van der Waals surface area contributed by atoms with Gasteiger partial charge in [-0.25, -0.2) is 0 Å². The molecular formula is C14H16N4O4. The zero-order valence-electron chi connectivity index (χ0n) is 12.1. The molecule has 1 aliphatic rings. The molecule has 1 aromatic heterocycles. The molecule has 1 saturated heterocycles. The Morgan fingerprint density at radius 1 is 1.55 bits per heavy atom. The number of aryl methyl sites for hydroxylation is 1. The number of carbonyl (C=O) groups is 2. The van der Waals surface area contributed by atoms with Crippen LogP contribution in [0.5, 0.6) is 0 Å². The summed E-state index contributed by atoms with van der Waals surface area (Å²) in [5.74, 6) is -0.667. The number of aromatic nitrogens is 1. The fourth-order valence-corrected chi connectivity index (χ4v) is 2.22. The summed E-state index contributed by atoms with van der Waals surface area (Å²) in [6.07, 6.45) is 2.08. The molecule has 2 N–H and O–H groups in total. The third-order valence-electron chi connectivity index (χ3n) is 3.47. The van der Waals surface area contributed by atoms with Crippen LogP contribution in [0.3, 0.4) is 0 Å². The van der Waals surface area contributed by atoms with Crippen molar-refractivity contribution in [2.75, 3.05) is 18.4 Å². The van der Waals surface area contributed by atoms with E-state index in [-0.39, 0.29) is 5.57 Å². The highest BCUT2D eigenvalue weighted by Crippen LogP contribution is 2.19. The summed E-state index contributed by atoms with van der Waals surface area (Å²) in [6.45, 7) is 2.39. The number of carbonyl (C=O) groups excluding carboxylic acids is 1. The van der Waals surface area contributed by atoms with E-state index in [0.717, 1.165) is 0 Å². The van der Waals surface area contributed by atoms with Crippen LogP contribution >= 0.6 is 0 Å². The molecule has 2 rings (SSSR count). The first-order chi connectivity index (χ1) is 10.5. The number of likely N-dealkylation sites (tertiary alicyclic amines) is 1. The van der Waals surface area contributed by atoms with Crippen molar-refractivity contribution in [2.45, 2.75) is 19.8 Å². The van der Waals surface area contributed by atoms with E-state index in [2.05, 4.69) is 10.5 Å². The van der Waals surface area contributed by atoms with E-state index in [0.29, 0.717) is 37.5 Å². The van der Waals surface area contributed by atoms with E-state index in [1.165, 1.54) is 11.1 Å². The molecule has 8 heteroatoms. The molecule has 1 fully saturated rings. The number of amides is 1. The third kappa shape index (κ3) is 3.63. The van der Waals surface area contributed by atoms with Gasteiger partial charge in [-0.3, -0.25) is 9.59 Å². The lowest BCUT2D eigenvalue weighted by atomic mass is 9.97. The lowest BCUT2D eigenvalue weighted by Crippen LogP contribution is -2.40. The van der Waals surface area contributed by atoms with Crippen LogP contribution in [0.15, 0.2) is 22.4 Å². The Hall–Kier alpha value is -2.82. The fraction of sp³-hybridized carbons (Fsp3) is 0.429. The summed E-state index contributed by atoms with van der Waals surface area (Å²) in [7, 11) is 0. The molecule has 0 radical (unpaired) electrons. The SMILES string of the molecule is Cc1cc(N/C=C(/C#N)C(=O)N2CCC(C(=O)O)CC2)no1. The van der Waals surface area contributed by atoms with Crippen molar-refractivity contribution in [1.29, 1.82) is 5.26 Å². The number of anilines is 1. The van der Waals surface area contributed by atoms with E-state index >= 15 is 0 Å². The van der Waals surface area contributed by atoms with Gasteiger partial charge in [-0.1, -0.05) is 5.16 Å². The quantitative estimate of drug-likeness (QED) is 0.632. The zero-order chi connectivity index (χ0) is 16.1. The first kappa shape index (κ1) is 15.6. The second kappa shape index (κ2) is 6.76. The molecule has 22 heavy (non-hydrogen) atoms. The number of nitrogens with zero attached hydrogens (tertiary/aromatic N) is 3. The van der Waals surface area contributed by atoms with Gasteiger partial charge in [0, 0.05) is 25.4 Å². The van der Waals surface area contributed by atoms with Gasteiger partial charge in [-0.2, -0.15) is 5.26 Å². The van der Waals surface area contributed by atoms with Crippen LogP contribution in [-0.2, 0) is 9.59 Å². The molecule has 0 bridgehead atoms.